The summed E-state index contributed by atoms with van der Waals surface area (Å²) in [6.45, 7) is 1.02. The summed E-state index contributed by atoms with van der Waals surface area (Å²) in [7, 11) is 2.53. The summed E-state index contributed by atoms with van der Waals surface area (Å²) in [4.78, 5) is 39.1. The van der Waals surface area contributed by atoms with Crippen molar-refractivity contribution < 1.29 is 23.9 Å². The number of ether oxygens (including phenoxy) is 2. The molecule has 0 atom stereocenters. The quantitative estimate of drug-likeness (QED) is 0.557. The summed E-state index contributed by atoms with van der Waals surface area (Å²) in [6.07, 6.45) is 3.49. The summed E-state index contributed by atoms with van der Waals surface area (Å²) in [5.74, 6) is -1.18. The Morgan fingerprint density at radius 1 is 0.943 bits per heavy atom. The fourth-order valence-electron chi connectivity index (χ4n) is 4.94. The van der Waals surface area contributed by atoms with Gasteiger partial charge in [0.1, 0.15) is 0 Å². The number of aromatic nitrogens is 1. The first kappa shape index (κ1) is 22.5. The van der Waals surface area contributed by atoms with Crippen molar-refractivity contribution in [2.45, 2.75) is 18.4 Å². The third kappa shape index (κ3) is 3.88. The van der Waals surface area contributed by atoms with Crippen LogP contribution in [-0.4, -0.2) is 54.7 Å². The Morgan fingerprint density at radius 3 is 2.43 bits per heavy atom. The van der Waals surface area contributed by atoms with Gasteiger partial charge in [0.15, 0.2) is 0 Å². The minimum Gasteiger partial charge on any atom is -0.465 e. The molecule has 0 aliphatic carbocycles. The lowest BCUT2D eigenvalue weighted by Crippen LogP contribution is -2.51. The highest BCUT2D eigenvalue weighted by Gasteiger charge is 2.42. The second kappa shape index (κ2) is 8.83. The number of piperidine rings is 1. The number of urea groups is 1. The lowest BCUT2D eigenvalue weighted by atomic mass is 9.82. The standard InChI is InChI=1S/C26H26N4O5/c1-34-23(31)17-9-10-18(24(32)35-2)20(16-17)27-25(33)29-14-11-26(12-15-29)22-8-5-13-30(22)21-7-4-3-6-19(21)28-26/h3-10,13,16,28H,11-12,14-15H2,1-2H3,(H,27,33). The van der Waals surface area contributed by atoms with Crippen molar-refractivity contribution in [3.05, 3.63) is 77.6 Å². The number of anilines is 2. The van der Waals surface area contributed by atoms with Gasteiger partial charge in [0.2, 0.25) is 0 Å². The van der Waals surface area contributed by atoms with Crippen molar-refractivity contribution in [3.8, 4) is 5.69 Å². The van der Waals surface area contributed by atoms with E-state index in [4.69, 9.17) is 9.47 Å². The van der Waals surface area contributed by atoms with E-state index in [1.54, 1.807) is 4.90 Å². The van der Waals surface area contributed by atoms with E-state index in [9.17, 15) is 14.4 Å². The van der Waals surface area contributed by atoms with E-state index in [1.807, 2.05) is 18.2 Å². The van der Waals surface area contributed by atoms with Crippen LogP contribution in [0.15, 0.2) is 60.8 Å². The molecule has 0 unspecified atom stereocenters. The molecule has 180 valence electrons. The van der Waals surface area contributed by atoms with Crippen LogP contribution >= 0.6 is 0 Å². The number of carbonyl (C=O) groups excluding carboxylic acids is 3. The monoisotopic (exact) mass is 474 g/mol. The van der Waals surface area contributed by atoms with Gasteiger partial charge in [-0.05, 0) is 55.3 Å². The summed E-state index contributed by atoms with van der Waals surface area (Å²) >= 11 is 0. The first-order chi connectivity index (χ1) is 17.0. The number of rotatable bonds is 3. The largest absolute Gasteiger partial charge is 0.465 e. The van der Waals surface area contributed by atoms with E-state index in [0.29, 0.717) is 25.9 Å². The highest BCUT2D eigenvalue weighted by molar-refractivity contribution is 6.03. The number of esters is 2. The van der Waals surface area contributed by atoms with E-state index in [-0.39, 0.29) is 28.4 Å². The molecule has 2 N–H and O–H groups in total. The summed E-state index contributed by atoms with van der Waals surface area (Å²) < 4.78 is 11.8. The van der Waals surface area contributed by atoms with E-state index in [0.717, 1.165) is 11.4 Å². The molecule has 35 heavy (non-hydrogen) atoms. The predicted molar refractivity (Wildman–Crippen MR) is 130 cm³/mol. The molecule has 9 heteroatoms. The number of carbonyl (C=O) groups is 3. The second-order valence-corrected chi connectivity index (χ2v) is 8.65. The van der Waals surface area contributed by atoms with E-state index in [1.165, 1.54) is 38.1 Å². The Labute approximate surface area is 202 Å². The Balaban J connectivity index is 1.35. The van der Waals surface area contributed by atoms with Crippen molar-refractivity contribution in [2.75, 3.05) is 37.9 Å². The van der Waals surface area contributed by atoms with Gasteiger partial charge in [-0.15, -0.1) is 0 Å². The number of hydrogen-bond donors (Lipinski definition) is 2. The minimum atomic E-state index is -0.611. The van der Waals surface area contributed by atoms with Crippen molar-refractivity contribution in [3.63, 3.8) is 0 Å². The van der Waals surface area contributed by atoms with Crippen LogP contribution in [0.5, 0.6) is 0 Å². The topological polar surface area (TPSA) is 102 Å². The Bertz CT molecular complexity index is 1310. The molecule has 2 aliphatic heterocycles. The van der Waals surface area contributed by atoms with Crippen LogP contribution in [0.3, 0.4) is 0 Å². The molecule has 3 aromatic rings. The first-order valence-corrected chi connectivity index (χ1v) is 11.4. The van der Waals surface area contributed by atoms with E-state index in [2.05, 4.69) is 39.6 Å². The molecule has 2 amide bonds. The van der Waals surface area contributed by atoms with Crippen LogP contribution in [0.4, 0.5) is 16.2 Å². The van der Waals surface area contributed by atoms with Gasteiger partial charge in [0, 0.05) is 25.0 Å². The van der Waals surface area contributed by atoms with E-state index >= 15 is 0 Å². The molecule has 5 rings (SSSR count). The van der Waals surface area contributed by atoms with Crippen LogP contribution in [0.2, 0.25) is 0 Å². The van der Waals surface area contributed by atoms with Crippen molar-refractivity contribution in [1.82, 2.24) is 9.47 Å². The molecule has 0 saturated carbocycles. The maximum Gasteiger partial charge on any atom is 0.339 e. The zero-order valence-corrected chi connectivity index (χ0v) is 19.5. The number of methoxy groups -OCH3 is 2. The molecule has 2 aliphatic rings. The molecular weight excluding hydrogens is 448 g/mol. The SMILES string of the molecule is COC(=O)c1ccc(C(=O)OC)c(NC(=O)N2CCC3(CC2)Nc2ccccc2-n2cccc23)c1. The van der Waals surface area contributed by atoms with Gasteiger partial charge < -0.3 is 29.6 Å². The zero-order chi connectivity index (χ0) is 24.6. The Morgan fingerprint density at radius 2 is 1.69 bits per heavy atom. The van der Waals surface area contributed by atoms with Crippen LogP contribution in [0.25, 0.3) is 5.69 Å². The van der Waals surface area contributed by atoms with Gasteiger partial charge in [-0.25, -0.2) is 14.4 Å². The fraction of sp³-hybridized carbons (Fsp3) is 0.269. The number of amides is 2. The third-order valence-electron chi connectivity index (χ3n) is 6.77. The predicted octanol–water partition coefficient (Wildman–Crippen LogP) is 4.00. The number of para-hydroxylation sites is 2. The van der Waals surface area contributed by atoms with E-state index < -0.39 is 11.9 Å². The van der Waals surface area contributed by atoms with Crippen LogP contribution < -0.4 is 10.6 Å². The maximum atomic E-state index is 13.2. The highest BCUT2D eigenvalue weighted by Crippen LogP contribution is 2.43. The summed E-state index contributed by atoms with van der Waals surface area (Å²) in [5, 5.41) is 6.52. The van der Waals surface area contributed by atoms with Gasteiger partial charge in [0.25, 0.3) is 0 Å². The normalized spacial score (nSPS) is 15.4. The lowest BCUT2D eigenvalue weighted by molar-refractivity contribution is 0.0587. The molecule has 3 heterocycles. The summed E-state index contributed by atoms with van der Waals surface area (Å²) in [5.41, 5.74) is 3.65. The number of likely N-dealkylation sites (tertiary alicyclic amines) is 1. The molecule has 1 aromatic heterocycles. The molecular formula is C26H26N4O5. The Hall–Kier alpha value is -4.27. The lowest BCUT2D eigenvalue weighted by Gasteiger charge is -2.46. The van der Waals surface area contributed by atoms with Crippen LogP contribution in [0.1, 0.15) is 39.3 Å². The molecule has 0 radical (unpaired) electrons. The summed E-state index contributed by atoms with van der Waals surface area (Å²) in [6, 6.07) is 16.3. The molecule has 1 saturated heterocycles. The second-order valence-electron chi connectivity index (χ2n) is 8.65. The number of fused-ring (bicyclic) bond motifs is 4. The van der Waals surface area contributed by atoms with Crippen LogP contribution in [0, 0.1) is 0 Å². The van der Waals surface area contributed by atoms with Gasteiger partial charge >= 0.3 is 18.0 Å². The van der Waals surface area contributed by atoms with Gasteiger partial charge in [-0.2, -0.15) is 0 Å². The molecule has 2 aromatic carbocycles. The molecule has 1 fully saturated rings. The first-order valence-electron chi connectivity index (χ1n) is 11.4. The smallest absolute Gasteiger partial charge is 0.339 e. The number of nitrogens with zero attached hydrogens (tertiary/aromatic N) is 2. The van der Waals surface area contributed by atoms with Gasteiger partial charge in [0.05, 0.1) is 47.9 Å². The number of benzene rings is 2. The average molecular weight is 475 g/mol. The highest BCUT2D eigenvalue weighted by atomic mass is 16.5. The molecule has 1 spiro atoms. The molecule has 0 bridgehead atoms. The third-order valence-corrected chi connectivity index (χ3v) is 6.77. The van der Waals surface area contributed by atoms with Crippen molar-refractivity contribution >= 4 is 29.3 Å². The van der Waals surface area contributed by atoms with Crippen molar-refractivity contribution in [1.29, 1.82) is 0 Å². The van der Waals surface area contributed by atoms with Gasteiger partial charge in [-0.1, -0.05) is 12.1 Å². The van der Waals surface area contributed by atoms with Crippen molar-refractivity contribution in [2.24, 2.45) is 0 Å². The zero-order valence-electron chi connectivity index (χ0n) is 19.5. The molecule has 9 nitrogen and oxygen atoms in total. The van der Waals surface area contributed by atoms with Crippen LogP contribution in [-0.2, 0) is 15.0 Å². The number of hydrogen-bond acceptors (Lipinski definition) is 6. The Kier molecular flexibility index (Phi) is 5.68. The average Bonchev–Trinajstić information content (AvgIpc) is 3.40. The minimum absolute atomic E-state index is 0.158. The maximum absolute atomic E-state index is 13.2. The number of nitrogens with one attached hydrogen (secondary N) is 2. The fourth-order valence-corrected chi connectivity index (χ4v) is 4.94. The van der Waals surface area contributed by atoms with Gasteiger partial charge in [-0.3, -0.25) is 0 Å².